The van der Waals surface area contributed by atoms with Gasteiger partial charge in [0.2, 0.25) is 5.13 Å². The number of amides is 1. The summed E-state index contributed by atoms with van der Waals surface area (Å²) in [6.07, 6.45) is 11.7. The number of allylic oxidation sites excluding steroid dienone is 6. The molecule has 0 fully saturated rings. The molecule has 0 radical (unpaired) electrons. The minimum Gasteiger partial charge on any atom is -0.496 e. The Morgan fingerprint density at radius 3 is 2.69 bits per heavy atom. The third-order valence-electron chi connectivity index (χ3n) is 6.71. The zero-order valence-electron chi connectivity index (χ0n) is 22.9. The van der Waals surface area contributed by atoms with Crippen molar-refractivity contribution in [1.29, 1.82) is 0 Å². The van der Waals surface area contributed by atoms with Gasteiger partial charge in [-0.3, -0.25) is 19.7 Å². The molecular weight excluding hydrogens is 517 g/mol. The van der Waals surface area contributed by atoms with Crippen LogP contribution in [-0.2, 0) is 11.2 Å². The second-order valence-corrected chi connectivity index (χ2v) is 11.0. The molecule has 1 atom stereocenters. The normalized spacial score (nSPS) is 21.4. The summed E-state index contributed by atoms with van der Waals surface area (Å²) < 4.78 is 19.4. The first-order valence-electron chi connectivity index (χ1n) is 12.6. The maximum atomic E-state index is 14.0. The molecule has 1 amide bonds. The number of ether oxygens (including phenoxy) is 1. The standard InChI is InChI=1S/C29H32FN5O3S/c1-17-12-25(29(4,5)37)32-15-20(19(17)3)9-10-26-33-34-28(39-26)35-11-7-8-24(38-6)22(14-30)21-13-18(2)31-16-23(21)27(35)36/h7-8,11-17,37H,9-10H2,1-6H3/b11-7-,22-14?,24-8+. The lowest BCUT2D eigenvalue weighted by molar-refractivity contribution is 0.0996. The molecule has 1 N–H and O–H groups in total. The molecule has 39 heavy (non-hydrogen) atoms. The molecule has 0 bridgehead atoms. The first kappa shape index (κ1) is 28.3. The van der Waals surface area contributed by atoms with E-state index in [9.17, 15) is 14.3 Å². The summed E-state index contributed by atoms with van der Waals surface area (Å²) in [5, 5.41) is 20.2. The Morgan fingerprint density at radius 1 is 1.23 bits per heavy atom. The molecule has 2 aromatic heterocycles. The van der Waals surface area contributed by atoms with Gasteiger partial charge < -0.3 is 9.84 Å². The van der Waals surface area contributed by atoms with Crippen LogP contribution in [0.25, 0.3) is 5.57 Å². The van der Waals surface area contributed by atoms with Crippen LogP contribution in [0, 0.1) is 12.8 Å². The summed E-state index contributed by atoms with van der Waals surface area (Å²) in [4.78, 5) is 23.9. The Hall–Kier alpha value is -3.76. The van der Waals surface area contributed by atoms with Gasteiger partial charge in [0.05, 0.1) is 30.3 Å². The minimum absolute atomic E-state index is 0.132. The topological polar surface area (TPSA) is 101 Å². The van der Waals surface area contributed by atoms with Crippen molar-refractivity contribution in [2.45, 2.75) is 53.1 Å². The fourth-order valence-corrected chi connectivity index (χ4v) is 5.11. The molecule has 0 aromatic carbocycles. The van der Waals surface area contributed by atoms with Crippen LogP contribution >= 0.6 is 11.3 Å². The van der Waals surface area contributed by atoms with Crippen LogP contribution in [0.5, 0.6) is 0 Å². The number of pyridine rings is 1. The summed E-state index contributed by atoms with van der Waals surface area (Å²) in [6.45, 7) is 9.38. The molecule has 204 valence electrons. The van der Waals surface area contributed by atoms with E-state index in [0.717, 1.165) is 10.6 Å². The highest BCUT2D eigenvalue weighted by molar-refractivity contribution is 7.15. The summed E-state index contributed by atoms with van der Waals surface area (Å²) in [5.41, 5.74) is 3.26. The Morgan fingerprint density at radius 2 is 2.00 bits per heavy atom. The maximum Gasteiger partial charge on any atom is 0.266 e. The highest BCUT2D eigenvalue weighted by atomic mass is 32.1. The monoisotopic (exact) mass is 549 g/mol. The minimum atomic E-state index is -1.02. The van der Waals surface area contributed by atoms with Gasteiger partial charge in [-0.1, -0.05) is 29.9 Å². The number of hydrogen-bond donors (Lipinski definition) is 1. The number of fused-ring (bicyclic) bond motifs is 1. The highest BCUT2D eigenvalue weighted by Crippen LogP contribution is 2.33. The van der Waals surface area contributed by atoms with Gasteiger partial charge >= 0.3 is 0 Å². The molecule has 0 aliphatic carbocycles. The molecule has 2 aliphatic heterocycles. The van der Waals surface area contributed by atoms with Crippen molar-refractivity contribution in [2.75, 3.05) is 12.0 Å². The fraction of sp³-hybridized carbons (Fsp3) is 0.345. The first-order valence-corrected chi connectivity index (χ1v) is 13.4. The van der Waals surface area contributed by atoms with E-state index in [2.05, 4.69) is 34.0 Å². The molecule has 2 aliphatic rings. The van der Waals surface area contributed by atoms with Crippen LogP contribution in [0.15, 0.2) is 70.6 Å². The molecule has 2 aromatic rings. The zero-order chi connectivity index (χ0) is 28.3. The van der Waals surface area contributed by atoms with Crippen molar-refractivity contribution >= 4 is 34.2 Å². The number of carbonyl (C=O) groups is 1. The SMILES string of the molecule is CO/C1=C/C=C\N(c2nnc(CCC3=C(C)C(C)C=C(C(C)(C)O)N=C3)s2)C(=O)c2cnc(C)cc2C1=CF. The number of aliphatic hydroxyl groups is 1. The number of aliphatic imine (C=N–C) groups is 1. The zero-order valence-corrected chi connectivity index (χ0v) is 23.7. The number of methoxy groups -OCH3 is 1. The Kier molecular flexibility index (Phi) is 8.36. The highest BCUT2D eigenvalue weighted by Gasteiger charge is 2.27. The molecule has 0 spiro atoms. The van der Waals surface area contributed by atoms with Gasteiger partial charge in [-0.25, -0.2) is 4.39 Å². The average molecular weight is 550 g/mol. The van der Waals surface area contributed by atoms with E-state index in [1.54, 1.807) is 45.2 Å². The predicted octanol–water partition coefficient (Wildman–Crippen LogP) is 5.88. The number of anilines is 1. The number of rotatable bonds is 6. The van der Waals surface area contributed by atoms with Gasteiger partial charge in [0.1, 0.15) is 16.4 Å². The predicted molar refractivity (Wildman–Crippen MR) is 152 cm³/mol. The molecule has 0 saturated carbocycles. The molecular formula is C29H32FN5O3S. The number of nitrogens with zero attached hydrogens (tertiary/aromatic N) is 5. The van der Waals surface area contributed by atoms with Crippen LogP contribution in [0.3, 0.4) is 0 Å². The summed E-state index contributed by atoms with van der Waals surface area (Å²) in [5.74, 6) is 0.000633. The van der Waals surface area contributed by atoms with E-state index >= 15 is 0 Å². The Labute approximate surface area is 231 Å². The van der Waals surface area contributed by atoms with E-state index in [1.807, 2.05) is 12.3 Å². The first-order chi connectivity index (χ1) is 18.5. The summed E-state index contributed by atoms with van der Waals surface area (Å²) in [7, 11) is 1.45. The van der Waals surface area contributed by atoms with E-state index < -0.39 is 11.5 Å². The molecule has 8 nitrogen and oxygen atoms in total. The molecule has 4 heterocycles. The summed E-state index contributed by atoms with van der Waals surface area (Å²) in [6, 6.07) is 1.66. The van der Waals surface area contributed by atoms with E-state index in [0.29, 0.717) is 41.3 Å². The number of hydrogen-bond acceptors (Lipinski definition) is 8. The molecule has 1 unspecified atom stereocenters. The fourth-order valence-electron chi connectivity index (χ4n) is 4.29. The average Bonchev–Trinajstić information content (AvgIpc) is 3.32. The van der Waals surface area contributed by atoms with Crippen LogP contribution in [-0.4, -0.2) is 45.1 Å². The van der Waals surface area contributed by atoms with Crippen molar-refractivity contribution in [2.24, 2.45) is 10.9 Å². The van der Waals surface area contributed by atoms with E-state index in [4.69, 9.17) is 4.74 Å². The van der Waals surface area contributed by atoms with Crippen molar-refractivity contribution in [3.05, 3.63) is 87.5 Å². The van der Waals surface area contributed by atoms with Gasteiger partial charge in [-0.15, -0.1) is 10.2 Å². The number of halogens is 1. The lowest BCUT2D eigenvalue weighted by Crippen LogP contribution is -2.26. The lowest BCUT2D eigenvalue weighted by atomic mass is 9.93. The number of aromatic nitrogens is 3. The molecule has 10 heteroatoms. The Bertz CT molecular complexity index is 1460. The second kappa shape index (κ2) is 11.5. The van der Waals surface area contributed by atoms with Crippen LogP contribution in [0.2, 0.25) is 0 Å². The van der Waals surface area contributed by atoms with Crippen molar-refractivity contribution < 1.29 is 19.0 Å². The van der Waals surface area contributed by atoms with Crippen LogP contribution in [0.1, 0.15) is 60.7 Å². The van der Waals surface area contributed by atoms with Crippen LogP contribution in [0.4, 0.5) is 9.52 Å². The van der Waals surface area contributed by atoms with Gasteiger partial charge in [0, 0.05) is 36.3 Å². The Balaban J connectivity index is 1.61. The van der Waals surface area contributed by atoms with Crippen LogP contribution < -0.4 is 4.90 Å². The third kappa shape index (κ3) is 6.12. The second-order valence-electron chi connectivity index (χ2n) is 9.99. The largest absolute Gasteiger partial charge is 0.496 e. The van der Waals surface area contributed by atoms with E-state index in [1.165, 1.54) is 35.1 Å². The molecule has 0 saturated heterocycles. The number of carbonyl (C=O) groups excluding carboxylic acids is 1. The third-order valence-corrected chi connectivity index (χ3v) is 7.69. The van der Waals surface area contributed by atoms with Gasteiger partial charge in [-0.05, 0) is 63.8 Å². The summed E-state index contributed by atoms with van der Waals surface area (Å²) >= 11 is 1.31. The number of aryl methyl sites for hydroxylation is 2. The van der Waals surface area contributed by atoms with Gasteiger partial charge in [-0.2, -0.15) is 0 Å². The van der Waals surface area contributed by atoms with Crippen molar-refractivity contribution in [1.82, 2.24) is 15.2 Å². The van der Waals surface area contributed by atoms with Crippen molar-refractivity contribution in [3.63, 3.8) is 0 Å². The lowest BCUT2D eigenvalue weighted by Gasteiger charge is -2.18. The smallest absolute Gasteiger partial charge is 0.266 e. The maximum absolute atomic E-state index is 14.0. The van der Waals surface area contributed by atoms with E-state index in [-0.39, 0.29) is 22.8 Å². The molecule has 4 rings (SSSR count). The van der Waals surface area contributed by atoms with Gasteiger partial charge in [0.25, 0.3) is 5.91 Å². The van der Waals surface area contributed by atoms with Gasteiger partial charge in [0.15, 0.2) is 0 Å². The van der Waals surface area contributed by atoms with Crippen molar-refractivity contribution in [3.8, 4) is 0 Å². The quantitative estimate of drug-likeness (QED) is 0.483.